The minimum Gasteiger partial charge on any atom is -0.496 e. The summed E-state index contributed by atoms with van der Waals surface area (Å²) in [7, 11) is -2.55. The Labute approximate surface area is 173 Å². The molecule has 0 atom stereocenters. The quantitative estimate of drug-likeness (QED) is 0.593. The van der Waals surface area contributed by atoms with Crippen LogP contribution in [0.3, 0.4) is 0 Å². The maximum absolute atomic E-state index is 12.8. The number of rotatable bonds is 7. The zero-order chi connectivity index (χ0) is 21.0. The molecule has 2 N–H and O–H groups in total. The smallest absolute Gasteiger partial charge is 0.263 e. The van der Waals surface area contributed by atoms with Crippen molar-refractivity contribution in [3.8, 4) is 16.3 Å². The fourth-order valence-electron chi connectivity index (χ4n) is 2.51. The highest BCUT2D eigenvalue weighted by Gasteiger charge is 2.22. The molecule has 0 aliphatic carbocycles. The molecule has 0 bridgehead atoms. The van der Waals surface area contributed by atoms with Crippen LogP contribution in [0.1, 0.15) is 24.2 Å². The molecule has 0 unspecified atom stereocenters. The van der Waals surface area contributed by atoms with Crippen LogP contribution in [-0.2, 0) is 10.0 Å². The number of methoxy groups -OCH3 is 1. The van der Waals surface area contributed by atoms with E-state index < -0.39 is 15.9 Å². The number of hydrogen-bond acceptors (Lipinski definition) is 7. The van der Waals surface area contributed by atoms with E-state index in [1.54, 1.807) is 0 Å². The van der Waals surface area contributed by atoms with E-state index in [1.807, 2.05) is 44.2 Å². The van der Waals surface area contributed by atoms with Crippen LogP contribution in [0.4, 0.5) is 5.13 Å². The third-order valence-electron chi connectivity index (χ3n) is 3.81. The van der Waals surface area contributed by atoms with E-state index in [1.165, 1.54) is 25.3 Å². The lowest BCUT2D eigenvalue weighted by Gasteiger charge is -2.13. The van der Waals surface area contributed by atoms with Crippen LogP contribution >= 0.6 is 11.3 Å². The predicted molar refractivity (Wildman–Crippen MR) is 112 cm³/mol. The Hall–Kier alpha value is -2.98. The Kier molecular flexibility index (Phi) is 6.14. The summed E-state index contributed by atoms with van der Waals surface area (Å²) in [5, 5.41) is 11.4. The van der Waals surface area contributed by atoms with Gasteiger partial charge in [-0.2, -0.15) is 0 Å². The minimum absolute atomic E-state index is 0.0799. The normalized spacial score (nSPS) is 11.3. The summed E-state index contributed by atoms with van der Waals surface area (Å²) in [6, 6.07) is 13.3. The molecule has 0 spiro atoms. The average Bonchev–Trinajstić information content (AvgIpc) is 3.15. The Bertz CT molecular complexity index is 1110. The van der Waals surface area contributed by atoms with E-state index in [9.17, 15) is 13.2 Å². The second kappa shape index (κ2) is 8.58. The van der Waals surface area contributed by atoms with Crippen molar-refractivity contribution in [1.29, 1.82) is 0 Å². The molecule has 0 saturated carbocycles. The van der Waals surface area contributed by atoms with Crippen LogP contribution in [-0.4, -0.2) is 37.7 Å². The Morgan fingerprint density at radius 1 is 1.10 bits per heavy atom. The van der Waals surface area contributed by atoms with E-state index in [-0.39, 0.29) is 27.4 Å². The number of hydrogen-bond donors (Lipinski definition) is 2. The Morgan fingerprint density at radius 2 is 1.83 bits per heavy atom. The van der Waals surface area contributed by atoms with Gasteiger partial charge in [0.25, 0.3) is 15.9 Å². The number of aromatic nitrogens is 2. The summed E-state index contributed by atoms with van der Waals surface area (Å²) >= 11 is 1.12. The third-order valence-corrected chi connectivity index (χ3v) is 6.17. The van der Waals surface area contributed by atoms with Crippen molar-refractivity contribution >= 4 is 32.4 Å². The molecule has 29 heavy (non-hydrogen) atoms. The molecule has 2 aromatic carbocycles. The molecule has 3 aromatic rings. The van der Waals surface area contributed by atoms with Gasteiger partial charge in [-0.15, -0.1) is 10.2 Å². The van der Waals surface area contributed by atoms with Gasteiger partial charge in [-0.1, -0.05) is 41.7 Å². The highest BCUT2D eigenvalue weighted by molar-refractivity contribution is 7.93. The molecule has 1 amide bonds. The highest BCUT2D eigenvalue weighted by Crippen LogP contribution is 2.29. The number of carbonyl (C=O) groups excluding carboxylic acids is 1. The summed E-state index contributed by atoms with van der Waals surface area (Å²) < 4.78 is 33.2. The van der Waals surface area contributed by atoms with Crippen molar-refractivity contribution < 1.29 is 17.9 Å². The number of nitrogens with one attached hydrogen (secondary N) is 2. The topological polar surface area (TPSA) is 110 Å². The van der Waals surface area contributed by atoms with Crippen molar-refractivity contribution in [2.24, 2.45) is 0 Å². The lowest BCUT2D eigenvalue weighted by Crippen LogP contribution is -2.30. The first-order chi connectivity index (χ1) is 13.8. The second-order valence-electron chi connectivity index (χ2n) is 6.37. The van der Waals surface area contributed by atoms with Crippen LogP contribution in [0.2, 0.25) is 0 Å². The van der Waals surface area contributed by atoms with Crippen molar-refractivity contribution in [1.82, 2.24) is 15.5 Å². The summed E-state index contributed by atoms with van der Waals surface area (Å²) in [4.78, 5) is 12.3. The van der Waals surface area contributed by atoms with E-state index in [2.05, 4.69) is 20.2 Å². The maximum atomic E-state index is 12.8. The SMILES string of the molecule is COc1ccc(S(=O)(=O)Nc2nnc(-c3ccccc3)s2)cc1C(=O)NC(C)C. The van der Waals surface area contributed by atoms with E-state index in [0.717, 1.165) is 16.9 Å². The first-order valence-electron chi connectivity index (χ1n) is 8.71. The van der Waals surface area contributed by atoms with Crippen molar-refractivity contribution in [2.45, 2.75) is 24.8 Å². The van der Waals surface area contributed by atoms with Crippen molar-refractivity contribution in [3.63, 3.8) is 0 Å². The average molecular weight is 433 g/mol. The lowest BCUT2D eigenvalue weighted by atomic mass is 10.2. The summed E-state index contributed by atoms with van der Waals surface area (Å²) in [5.74, 6) is -0.138. The zero-order valence-corrected chi connectivity index (χ0v) is 17.7. The minimum atomic E-state index is -3.97. The largest absolute Gasteiger partial charge is 0.496 e. The molecule has 0 aliphatic rings. The van der Waals surface area contributed by atoms with Gasteiger partial charge in [-0.25, -0.2) is 8.42 Å². The van der Waals surface area contributed by atoms with Gasteiger partial charge in [0.15, 0.2) is 0 Å². The molecule has 0 saturated heterocycles. The van der Waals surface area contributed by atoms with E-state index >= 15 is 0 Å². The molecule has 0 radical (unpaired) electrons. The number of sulfonamides is 1. The number of ether oxygens (including phenoxy) is 1. The Balaban J connectivity index is 1.88. The zero-order valence-electron chi connectivity index (χ0n) is 16.0. The van der Waals surface area contributed by atoms with Gasteiger partial charge in [-0.05, 0) is 32.0 Å². The molecule has 1 heterocycles. The summed E-state index contributed by atoms with van der Waals surface area (Å²) in [6.45, 7) is 3.62. The van der Waals surface area contributed by atoms with Crippen LogP contribution < -0.4 is 14.8 Å². The third kappa shape index (κ3) is 4.90. The molecule has 1 aromatic heterocycles. The maximum Gasteiger partial charge on any atom is 0.263 e. The molecule has 0 fully saturated rings. The van der Waals surface area contributed by atoms with Gasteiger partial charge in [0.1, 0.15) is 10.8 Å². The molecule has 3 rings (SSSR count). The van der Waals surface area contributed by atoms with Crippen LogP contribution in [0.15, 0.2) is 53.4 Å². The molecule has 0 aliphatic heterocycles. The van der Waals surface area contributed by atoms with Crippen LogP contribution in [0.5, 0.6) is 5.75 Å². The van der Waals surface area contributed by atoms with Gasteiger partial charge >= 0.3 is 0 Å². The highest BCUT2D eigenvalue weighted by atomic mass is 32.2. The number of carbonyl (C=O) groups is 1. The van der Waals surface area contributed by atoms with Gasteiger partial charge < -0.3 is 10.1 Å². The van der Waals surface area contributed by atoms with E-state index in [4.69, 9.17) is 4.74 Å². The van der Waals surface area contributed by atoms with Gasteiger partial charge in [0.05, 0.1) is 17.6 Å². The van der Waals surface area contributed by atoms with Gasteiger partial charge in [0, 0.05) is 11.6 Å². The second-order valence-corrected chi connectivity index (χ2v) is 9.03. The van der Waals surface area contributed by atoms with Gasteiger partial charge in [0.2, 0.25) is 5.13 Å². The lowest BCUT2D eigenvalue weighted by molar-refractivity contribution is 0.0940. The van der Waals surface area contributed by atoms with Crippen LogP contribution in [0.25, 0.3) is 10.6 Å². The van der Waals surface area contributed by atoms with Crippen LogP contribution in [0, 0.1) is 0 Å². The van der Waals surface area contributed by atoms with E-state index in [0.29, 0.717) is 5.01 Å². The number of amides is 1. The van der Waals surface area contributed by atoms with Gasteiger partial charge in [-0.3, -0.25) is 9.52 Å². The number of anilines is 1. The molecule has 152 valence electrons. The molecule has 8 nitrogen and oxygen atoms in total. The molecule has 10 heteroatoms. The number of nitrogens with zero attached hydrogens (tertiary/aromatic N) is 2. The number of benzene rings is 2. The fraction of sp³-hybridized carbons (Fsp3) is 0.211. The summed E-state index contributed by atoms with van der Waals surface area (Å²) in [5.41, 5.74) is 0.971. The fourth-order valence-corrected chi connectivity index (χ4v) is 4.51. The van der Waals surface area contributed by atoms with Crippen molar-refractivity contribution in [3.05, 3.63) is 54.1 Å². The Morgan fingerprint density at radius 3 is 2.48 bits per heavy atom. The standard InChI is InChI=1S/C19H20N4O4S2/c1-12(2)20-17(24)15-11-14(9-10-16(15)27-3)29(25,26)23-19-22-21-18(28-19)13-7-5-4-6-8-13/h4-12H,1-3H3,(H,20,24)(H,22,23). The first-order valence-corrected chi connectivity index (χ1v) is 11.0. The first kappa shape index (κ1) is 20.7. The molecular weight excluding hydrogens is 412 g/mol. The predicted octanol–water partition coefficient (Wildman–Crippen LogP) is 3.15. The monoisotopic (exact) mass is 432 g/mol. The molecular formula is C19H20N4O4S2. The summed E-state index contributed by atoms with van der Waals surface area (Å²) in [6.07, 6.45) is 0. The van der Waals surface area contributed by atoms with Crippen molar-refractivity contribution in [2.75, 3.05) is 11.8 Å².